The predicted molar refractivity (Wildman–Crippen MR) is 48.1 cm³/mol. The van der Waals surface area contributed by atoms with Crippen molar-refractivity contribution in [2.24, 2.45) is 0 Å². The molecule has 0 atom stereocenters. The van der Waals surface area contributed by atoms with E-state index in [-0.39, 0.29) is 0 Å². The molecule has 0 N–H and O–H groups in total. The molecule has 0 bridgehead atoms. The largest absolute Gasteiger partial charge is 0.573 e. The Morgan fingerprint density at radius 2 is 1.94 bits per heavy atom. The molecule has 88 valence electrons. The van der Waals surface area contributed by atoms with E-state index < -0.39 is 34.3 Å². The van der Waals surface area contributed by atoms with Crippen molar-refractivity contribution in [3.05, 3.63) is 28.5 Å². The maximum atomic E-state index is 13.1. The summed E-state index contributed by atoms with van der Waals surface area (Å²) in [5, 5.41) is -0.556. The third-order valence-corrected chi connectivity index (χ3v) is 1.92. The van der Waals surface area contributed by atoms with E-state index in [2.05, 4.69) is 4.74 Å². The Balaban J connectivity index is 3.20. The molecule has 0 aliphatic carbocycles. The van der Waals surface area contributed by atoms with Gasteiger partial charge in [0.25, 0.3) is 0 Å². The highest BCUT2D eigenvalue weighted by molar-refractivity contribution is 6.32. The highest BCUT2D eigenvalue weighted by Gasteiger charge is 2.32. The van der Waals surface area contributed by atoms with Crippen molar-refractivity contribution >= 4 is 17.4 Å². The van der Waals surface area contributed by atoms with Crippen LogP contribution in [0.25, 0.3) is 0 Å². The van der Waals surface area contributed by atoms with Gasteiger partial charge in [-0.3, -0.25) is 4.79 Å². The molecule has 16 heavy (non-hydrogen) atoms. The average molecular weight is 257 g/mol. The molecule has 0 heterocycles. The number of halogens is 5. The van der Waals surface area contributed by atoms with E-state index in [0.717, 1.165) is 6.92 Å². The quantitative estimate of drug-likeness (QED) is 0.597. The van der Waals surface area contributed by atoms with Crippen molar-refractivity contribution in [2.75, 3.05) is 0 Å². The third kappa shape index (κ3) is 3.10. The minimum Gasteiger partial charge on any atom is -0.404 e. The SMILES string of the molecule is CC(=O)c1cc(OC(F)(F)F)c(Cl)cc1F. The van der Waals surface area contributed by atoms with Gasteiger partial charge in [0.05, 0.1) is 10.6 Å². The Hall–Kier alpha value is -1.30. The summed E-state index contributed by atoms with van der Waals surface area (Å²) in [6, 6.07) is 1.22. The van der Waals surface area contributed by atoms with Gasteiger partial charge in [0.1, 0.15) is 11.6 Å². The molecule has 0 aliphatic heterocycles. The number of benzene rings is 1. The summed E-state index contributed by atoms with van der Waals surface area (Å²) < 4.78 is 52.3. The summed E-state index contributed by atoms with van der Waals surface area (Å²) in [4.78, 5) is 10.9. The maximum absolute atomic E-state index is 13.1. The van der Waals surface area contributed by atoms with E-state index in [1.54, 1.807) is 0 Å². The van der Waals surface area contributed by atoms with Gasteiger partial charge in [-0.05, 0) is 19.1 Å². The third-order valence-electron chi connectivity index (χ3n) is 1.63. The molecule has 0 saturated carbocycles. The molecule has 2 nitrogen and oxygen atoms in total. The van der Waals surface area contributed by atoms with Gasteiger partial charge < -0.3 is 4.74 Å². The topological polar surface area (TPSA) is 26.3 Å². The van der Waals surface area contributed by atoms with E-state index in [4.69, 9.17) is 11.6 Å². The van der Waals surface area contributed by atoms with Gasteiger partial charge in [-0.25, -0.2) is 4.39 Å². The molecule has 0 spiro atoms. The van der Waals surface area contributed by atoms with Gasteiger partial charge in [-0.15, -0.1) is 13.2 Å². The Bertz CT molecular complexity index is 428. The first-order valence-electron chi connectivity index (χ1n) is 3.96. The summed E-state index contributed by atoms with van der Waals surface area (Å²) in [5.41, 5.74) is -0.511. The number of ketones is 1. The molecule has 0 radical (unpaired) electrons. The van der Waals surface area contributed by atoms with Gasteiger partial charge in [0, 0.05) is 0 Å². The highest BCUT2D eigenvalue weighted by atomic mass is 35.5. The van der Waals surface area contributed by atoms with Gasteiger partial charge in [0.2, 0.25) is 0 Å². The van der Waals surface area contributed by atoms with Crippen LogP contribution in [0.15, 0.2) is 12.1 Å². The second-order valence-electron chi connectivity index (χ2n) is 2.87. The molecular formula is C9H5ClF4O2. The van der Waals surface area contributed by atoms with Crippen LogP contribution in [0.1, 0.15) is 17.3 Å². The van der Waals surface area contributed by atoms with Crippen LogP contribution in [0.4, 0.5) is 17.6 Å². The molecule has 1 rings (SSSR count). The number of carbonyl (C=O) groups excluding carboxylic acids is 1. The lowest BCUT2D eigenvalue weighted by atomic mass is 10.1. The van der Waals surface area contributed by atoms with Gasteiger partial charge in [-0.1, -0.05) is 11.6 Å². The van der Waals surface area contributed by atoms with Crippen LogP contribution < -0.4 is 4.74 Å². The van der Waals surface area contributed by atoms with Crippen molar-refractivity contribution < 1.29 is 27.1 Å². The smallest absolute Gasteiger partial charge is 0.404 e. The van der Waals surface area contributed by atoms with E-state index in [1.807, 2.05) is 0 Å². The molecular weight excluding hydrogens is 252 g/mol. The first-order chi connectivity index (χ1) is 7.20. The Morgan fingerprint density at radius 3 is 2.38 bits per heavy atom. The van der Waals surface area contributed by atoms with Gasteiger partial charge >= 0.3 is 6.36 Å². The number of Topliss-reactive ketones (excluding diaryl/α,β-unsaturated/α-hetero) is 1. The van der Waals surface area contributed by atoms with Crippen LogP contribution in [0, 0.1) is 5.82 Å². The molecule has 1 aromatic rings. The zero-order valence-electron chi connectivity index (χ0n) is 7.86. The summed E-state index contributed by atoms with van der Waals surface area (Å²) in [5.74, 6) is -2.52. The summed E-state index contributed by atoms with van der Waals surface area (Å²) in [6.45, 7) is 1.02. The number of hydrogen-bond acceptors (Lipinski definition) is 2. The van der Waals surface area contributed by atoms with Crippen molar-refractivity contribution in [3.63, 3.8) is 0 Å². The number of ether oxygens (including phenoxy) is 1. The van der Waals surface area contributed by atoms with Crippen LogP contribution in [0.5, 0.6) is 5.75 Å². The number of rotatable bonds is 2. The van der Waals surface area contributed by atoms with Gasteiger partial charge in [-0.2, -0.15) is 0 Å². The Morgan fingerprint density at radius 1 is 1.38 bits per heavy atom. The Labute approximate surface area is 92.8 Å². The van der Waals surface area contributed by atoms with Crippen molar-refractivity contribution in [3.8, 4) is 5.75 Å². The second-order valence-corrected chi connectivity index (χ2v) is 3.27. The monoisotopic (exact) mass is 256 g/mol. The summed E-state index contributed by atoms with van der Waals surface area (Å²) in [6.07, 6.45) is -4.95. The summed E-state index contributed by atoms with van der Waals surface area (Å²) in [7, 11) is 0. The van der Waals surface area contributed by atoms with Crippen LogP contribution in [-0.2, 0) is 0 Å². The van der Waals surface area contributed by atoms with Crippen molar-refractivity contribution in [1.29, 1.82) is 0 Å². The zero-order valence-corrected chi connectivity index (χ0v) is 8.62. The van der Waals surface area contributed by atoms with Crippen LogP contribution >= 0.6 is 11.6 Å². The normalized spacial score (nSPS) is 11.4. The summed E-state index contributed by atoms with van der Waals surface area (Å²) >= 11 is 5.34. The standard InChI is InChI=1S/C9H5ClF4O2/c1-4(15)5-2-8(16-9(12,13)14)6(10)3-7(5)11/h2-3H,1H3. The van der Waals surface area contributed by atoms with Crippen LogP contribution in [-0.4, -0.2) is 12.1 Å². The van der Waals surface area contributed by atoms with Gasteiger partial charge in [0.15, 0.2) is 5.78 Å². The molecule has 0 amide bonds. The van der Waals surface area contributed by atoms with Crippen LogP contribution in [0.2, 0.25) is 5.02 Å². The fourth-order valence-electron chi connectivity index (χ4n) is 1.00. The predicted octanol–water partition coefficient (Wildman–Crippen LogP) is 3.58. The minimum absolute atomic E-state index is 0.511. The van der Waals surface area contributed by atoms with Crippen LogP contribution in [0.3, 0.4) is 0 Å². The molecule has 7 heteroatoms. The first-order valence-corrected chi connectivity index (χ1v) is 4.34. The molecule has 0 fully saturated rings. The van der Waals surface area contributed by atoms with E-state index in [9.17, 15) is 22.4 Å². The fourth-order valence-corrected chi connectivity index (χ4v) is 1.19. The Kier molecular flexibility index (Phi) is 3.42. The van der Waals surface area contributed by atoms with E-state index >= 15 is 0 Å². The lowest BCUT2D eigenvalue weighted by Gasteiger charge is -2.11. The molecule has 0 saturated heterocycles. The highest BCUT2D eigenvalue weighted by Crippen LogP contribution is 2.32. The number of alkyl halides is 3. The number of hydrogen-bond donors (Lipinski definition) is 0. The first kappa shape index (κ1) is 12.8. The average Bonchev–Trinajstić information content (AvgIpc) is 2.07. The lowest BCUT2D eigenvalue weighted by molar-refractivity contribution is -0.274. The maximum Gasteiger partial charge on any atom is 0.573 e. The second kappa shape index (κ2) is 4.29. The van der Waals surface area contributed by atoms with Crippen molar-refractivity contribution in [2.45, 2.75) is 13.3 Å². The zero-order chi connectivity index (χ0) is 12.5. The molecule has 0 aromatic heterocycles. The van der Waals surface area contributed by atoms with E-state index in [1.165, 1.54) is 0 Å². The fraction of sp³-hybridized carbons (Fsp3) is 0.222. The molecule has 0 unspecified atom stereocenters. The minimum atomic E-state index is -4.95. The van der Waals surface area contributed by atoms with E-state index in [0.29, 0.717) is 12.1 Å². The lowest BCUT2D eigenvalue weighted by Crippen LogP contribution is -2.17. The molecule has 1 aromatic carbocycles. The number of carbonyl (C=O) groups is 1. The molecule has 0 aliphatic rings. The van der Waals surface area contributed by atoms with Crippen molar-refractivity contribution in [1.82, 2.24) is 0 Å².